The summed E-state index contributed by atoms with van der Waals surface area (Å²) in [6.45, 7) is 6.62. The summed E-state index contributed by atoms with van der Waals surface area (Å²) >= 11 is 0. The van der Waals surface area contributed by atoms with Crippen molar-refractivity contribution in [1.82, 2.24) is 0 Å². The molecule has 1 atom stereocenters. The van der Waals surface area contributed by atoms with Crippen LogP contribution in [0.5, 0.6) is 0 Å². The monoisotopic (exact) mass is 174 g/mol. The Morgan fingerprint density at radius 2 is 1.92 bits per heavy atom. The SMILES string of the molecule is COC(=O)CCOC(C)C(C)C. The molecule has 12 heavy (non-hydrogen) atoms. The number of carbonyl (C=O) groups is 1. The molecule has 0 rings (SSSR count). The summed E-state index contributed by atoms with van der Waals surface area (Å²) in [6.07, 6.45) is 0.544. The molecule has 0 fully saturated rings. The predicted octanol–water partition coefficient (Wildman–Crippen LogP) is 1.61. The van der Waals surface area contributed by atoms with Crippen LogP contribution in [0.15, 0.2) is 0 Å². The van der Waals surface area contributed by atoms with E-state index in [2.05, 4.69) is 18.6 Å². The highest BCUT2D eigenvalue weighted by molar-refractivity contribution is 5.69. The van der Waals surface area contributed by atoms with E-state index in [4.69, 9.17) is 4.74 Å². The second-order valence-electron chi connectivity index (χ2n) is 3.15. The van der Waals surface area contributed by atoms with E-state index in [-0.39, 0.29) is 12.1 Å². The smallest absolute Gasteiger partial charge is 0.307 e. The van der Waals surface area contributed by atoms with Gasteiger partial charge in [0.15, 0.2) is 0 Å². The molecule has 0 saturated carbocycles. The van der Waals surface area contributed by atoms with E-state index in [0.29, 0.717) is 18.9 Å². The van der Waals surface area contributed by atoms with Crippen molar-refractivity contribution in [1.29, 1.82) is 0 Å². The van der Waals surface area contributed by atoms with Gasteiger partial charge in [0.2, 0.25) is 0 Å². The van der Waals surface area contributed by atoms with Crippen molar-refractivity contribution in [2.24, 2.45) is 5.92 Å². The first-order valence-electron chi connectivity index (χ1n) is 4.26. The third-order valence-corrected chi connectivity index (χ3v) is 1.85. The second kappa shape index (κ2) is 6.00. The van der Waals surface area contributed by atoms with Crippen molar-refractivity contribution in [2.75, 3.05) is 13.7 Å². The van der Waals surface area contributed by atoms with Crippen LogP contribution in [0.1, 0.15) is 27.2 Å². The number of hydrogen-bond donors (Lipinski definition) is 0. The van der Waals surface area contributed by atoms with Crippen LogP contribution in [0.3, 0.4) is 0 Å². The summed E-state index contributed by atoms with van der Waals surface area (Å²) in [5.41, 5.74) is 0. The van der Waals surface area contributed by atoms with Crippen molar-refractivity contribution in [3.8, 4) is 0 Å². The molecule has 0 amide bonds. The third kappa shape index (κ3) is 5.13. The fraction of sp³-hybridized carbons (Fsp3) is 0.889. The molecule has 0 aromatic rings. The van der Waals surface area contributed by atoms with Gasteiger partial charge in [-0.05, 0) is 12.8 Å². The normalized spacial score (nSPS) is 13.1. The molecule has 0 bridgehead atoms. The molecule has 0 heterocycles. The quantitative estimate of drug-likeness (QED) is 0.594. The Kier molecular flexibility index (Phi) is 5.72. The largest absolute Gasteiger partial charge is 0.469 e. The fourth-order valence-corrected chi connectivity index (χ4v) is 0.623. The van der Waals surface area contributed by atoms with Gasteiger partial charge in [-0.1, -0.05) is 13.8 Å². The van der Waals surface area contributed by atoms with Crippen LogP contribution in [0.2, 0.25) is 0 Å². The zero-order valence-corrected chi connectivity index (χ0v) is 8.29. The maximum Gasteiger partial charge on any atom is 0.307 e. The number of hydrogen-bond acceptors (Lipinski definition) is 3. The summed E-state index contributed by atoms with van der Waals surface area (Å²) in [5.74, 6) is 0.272. The number of carbonyl (C=O) groups excluding carboxylic acids is 1. The minimum Gasteiger partial charge on any atom is -0.469 e. The van der Waals surface area contributed by atoms with Crippen LogP contribution < -0.4 is 0 Å². The summed E-state index contributed by atoms with van der Waals surface area (Å²) in [4.78, 5) is 10.7. The van der Waals surface area contributed by atoms with E-state index in [1.807, 2.05) is 6.92 Å². The number of esters is 1. The molecular formula is C9H18O3. The maximum atomic E-state index is 10.7. The molecule has 0 saturated heterocycles. The van der Waals surface area contributed by atoms with Gasteiger partial charge < -0.3 is 9.47 Å². The van der Waals surface area contributed by atoms with E-state index < -0.39 is 0 Å². The Balaban J connectivity index is 3.37. The zero-order valence-electron chi connectivity index (χ0n) is 8.29. The van der Waals surface area contributed by atoms with Gasteiger partial charge in [-0.2, -0.15) is 0 Å². The lowest BCUT2D eigenvalue weighted by Crippen LogP contribution is -2.17. The topological polar surface area (TPSA) is 35.5 Å². The maximum absolute atomic E-state index is 10.7. The molecule has 0 aliphatic rings. The average molecular weight is 174 g/mol. The molecule has 3 nitrogen and oxygen atoms in total. The number of ether oxygens (including phenoxy) is 2. The lowest BCUT2D eigenvalue weighted by molar-refractivity contribution is -0.142. The van der Waals surface area contributed by atoms with Crippen LogP contribution >= 0.6 is 0 Å². The van der Waals surface area contributed by atoms with Gasteiger partial charge >= 0.3 is 5.97 Å². The molecule has 0 spiro atoms. The van der Waals surface area contributed by atoms with Crippen molar-refractivity contribution < 1.29 is 14.3 Å². The third-order valence-electron chi connectivity index (χ3n) is 1.85. The summed E-state index contributed by atoms with van der Waals surface area (Å²) in [7, 11) is 1.38. The first-order valence-corrected chi connectivity index (χ1v) is 4.26. The predicted molar refractivity (Wildman–Crippen MR) is 46.9 cm³/mol. The van der Waals surface area contributed by atoms with Gasteiger partial charge in [0.25, 0.3) is 0 Å². The van der Waals surface area contributed by atoms with Crippen LogP contribution in [0, 0.1) is 5.92 Å². The lowest BCUT2D eigenvalue weighted by atomic mass is 10.1. The van der Waals surface area contributed by atoms with E-state index in [9.17, 15) is 4.79 Å². The van der Waals surface area contributed by atoms with Crippen molar-refractivity contribution in [3.63, 3.8) is 0 Å². The van der Waals surface area contributed by atoms with E-state index in [1.165, 1.54) is 7.11 Å². The summed E-state index contributed by atoms with van der Waals surface area (Å²) in [6, 6.07) is 0. The van der Waals surface area contributed by atoms with Crippen LogP contribution in [0.4, 0.5) is 0 Å². The highest BCUT2D eigenvalue weighted by Gasteiger charge is 2.07. The Morgan fingerprint density at radius 1 is 1.33 bits per heavy atom. The molecule has 0 aliphatic heterocycles. The summed E-state index contributed by atoms with van der Waals surface area (Å²) in [5, 5.41) is 0. The second-order valence-corrected chi connectivity index (χ2v) is 3.15. The molecule has 0 N–H and O–H groups in total. The van der Waals surface area contributed by atoms with Crippen molar-refractivity contribution in [2.45, 2.75) is 33.3 Å². The van der Waals surface area contributed by atoms with E-state index >= 15 is 0 Å². The van der Waals surface area contributed by atoms with Gasteiger partial charge in [0, 0.05) is 0 Å². The molecule has 0 aliphatic carbocycles. The Labute approximate surface area is 74.0 Å². The minimum atomic E-state index is -0.217. The molecule has 0 radical (unpaired) electrons. The van der Waals surface area contributed by atoms with Gasteiger partial charge in [-0.15, -0.1) is 0 Å². The fourth-order valence-electron chi connectivity index (χ4n) is 0.623. The standard InChI is InChI=1S/C9H18O3/c1-7(2)8(3)12-6-5-9(10)11-4/h7-8H,5-6H2,1-4H3. The molecule has 0 aromatic carbocycles. The number of methoxy groups -OCH3 is 1. The lowest BCUT2D eigenvalue weighted by Gasteiger charge is -2.15. The van der Waals surface area contributed by atoms with Crippen molar-refractivity contribution in [3.05, 3.63) is 0 Å². The highest BCUT2D eigenvalue weighted by atomic mass is 16.5. The van der Waals surface area contributed by atoms with Crippen LogP contribution in [-0.2, 0) is 14.3 Å². The van der Waals surface area contributed by atoms with Gasteiger partial charge in [0.1, 0.15) is 0 Å². The Hall–Kier alpha value is -0.570. The molecular weight excluding hydrogens is 156 g/mol. The first-order chi connectivity index (χ1) is 5.57. The number of rotatable bonds is 5. The molecule has 3 heteroatoms. The van der Waals surface area contributed by atoms with Crippen LogP contribution in [-0.4, -0.2) is 25.8 Å². The van der Waals surface area contributed by atoms with Gasteiger partial charge in [0.05, 0.1) is 26.2 Å². The first kappa shape index (κ1) is 11.4. The van der Waals surface area contributed by atoms with E-state index in [0.717, 1.165) is 0 Å². The Morgan fingerprint density at radius 3 is 2.33 bits per heavy atom. The molecule has 72 valence electrons. The zero-order chi connectivity index (χ0) is 9.56. The van der Waals surface area contributed by atoms with Gasteiger partial charge in [-0.25, -0.2) is 0 Å². The molecule has 0 aromatic heterocycles. The van der Waals surface area contributed by atoms with E-state index in [1.54, 1.807) is 0 Å². The average Bonchev–Trinajstić information content (AvgIpc) is 2.03. The Bertz CT molecular complexity index is 132. The minimum absolute atomic E-state index is 0.203. The van der Waals surface area contributed by atoms with Crippen LogP contribution in [0.25, 0.3) is 0 Å². The summed E-state index contributed by atoms with van der Waals surface area (Å²) < 4.78 is 9.85. The highest BCUT2D eigenvalue weighted by Crippen LogP contribution is 2.05. The molecule has 1 unspecified atom stereocenters. The van der Waals surface area contributed by atoms with Crippen molar-refractivity contribution >= 4 is 5.97 Å². The van der Waals surface area contributed by atoms with Gasteiger partial charge in [-0.3, -0.25) is 4.79 Å².